The standard InChI is InChI=1S/C7H9BrN2O2/c1-12-7-4-9-5(3-10-7)6(11)2-8/h3-5,9H,2H2,1H3. The summed E-state index contributed by atoms with van der Waals surface area (Å²) in [6, 6.07) is -0.330. The van der Waals surface area contributed by atoms with Crippen LogP contribution in [-0.4, -0.2) is 30.5 Å². The molecule has 0 saturated carbocycles. The summed E-state index contributed by atoms with van der Waals surface area (Å²) in [5, 5.41) is 3.18. The SMILES string of the molecule is COC1=CNC(C(=O)CBr)C=N1. The smallest absolute Gasteiger partial charge is 0.229 e. The summed E-state index contributed by atoms with van der Waals surface area (Å²) in [7, 11) is 1.53. The molecular formula is C7H9BrN2O2. The van der Waals surface area contributed by atoms with Crippen LogP contribution >= 0.6 is 15.9 Å². The van der Waals surface area contributed by atoms with Gasteiger partial charge >= 0.3 is 0 Å². The minimum absolute atomic E-state index is 0.0464. The van der Waals surface area contributed by atoms with Crippen LogP contribution in [0.2, 0.25) is 0 Å². The summed E-state index contributed by atoms with van der Waals surface area (Å²) in [5.74, 6) is 0.527. The van der Waals surface area contributed by atoms with Gasteiger partial charge in [0.1, 0.15) is 6.04 Å². The van der Waals surface area contributed by atoms with Crippen LogP contribution in [0, 0.1) is 0 Å². The fourth-order valence-electron chi connectivity index (χ4n) is 0.760. The van der Waals surface area contributed by atoms with Crippen molar-refractivity contribution in [3.63, 3.8) is 0 Å². The van der Waals surface area contributed by atoms with E-state index in [1.165, 1.54) is 13.3 Å². The van der Waals surface area contributed by atoms with Crippen LogP contribution in [0.3, 0.4) is 0 Å². The molecular weight excluding hydrogens is 224 g/mol. The first-order valence-electron chi connectivity index (χ1n) is 3.41. The molecule has 0 saturated heterocycles. The van der Waals surface area contributed by atoms with Crippen molar-refractivity contribution in [3.05, 3.63) is 12.1 Å². The van der Waals surface area contributed by atoms with Gasteiger partial charge in [0.15, 0.2) is 5.78 Å². The number of halogens is 1. The van der Waals surface area contributed by atoms with Crippen LogP contribution < -0.4 is 5.32 Å². The van der Waals surface area contributed by atoms with E-state index in [1.54, 1.807) is 6.20 Å². The average molecular weight is 233 g/mol. The Kier molecular flexibility index (Phi) is 3.28. The van der Waals surface area contributed by atoms with Crippen LogP contribution in [-0.2, 0) is 9.53 Å². The second kappa shape index (κ2) is 4.25. The minimum Gasteiger partial charge on any atom is -0.480 e. The van der Waals surface area contributed by atoms with Crippen molar-refractivity contribution in [1.82, 2.24) is 5.32 Å². The Morgan fingerprint density at radius 3 is 3.08 bits per heavy atom. The lowest BCUT2D eigenvalue weighted by Crippen LogP contribution is -2.37. The van der Waals surface area contributed by atoms with Gasteiger partial charge in [-0.25, -0.2) is 4.99 Å². The number of hydrogen-bond acceptors (Lipinski definition) is 4. The van der Waals surface area contributed by atoms with E-state index in [-0.39, 0.29) is 11.8 Å². The molecule has 66 valence electrons. The van der Waals surface area contributed by atoms with Crippen LogP contribution in [0.5, 0.6) is 0 Å². The van der Waals surface area contributed by atoms with Gasteiger partial charge in [-0.1, -0.05) is 15.9 Å². The maximum atomic E-state index is 11.1. The molecule has 12 heavy (non-hydrogen) atoms. The highest BCUT2D eigenvalue weighted by Crippen LogP contribution is 2.01. The molecule has 0 amide bonds. The lowest BCUT2D eigenvalue weighted by Gasteiger charge is -2.14. The van der Waals surface area contributed by atoms with Crippen LogP contribution in [0.25, 0.3) is 0 Å². The number of rotatable bonds is 3. The zero-order valence-corrected chi connectivity index (χ0v) is 8.17. The number of Topliss-reactive ketones (excluding diaryl/α,β-unsaturated/α-hetero) is 1. The van der Waals surface area contributed by atoms with Gasteiger partial charge < -0.3 is 10.1 Å². The second-order valence-corrected chi connectivity index (χ2v) is 2.77. The number of aliphatic imine (C=N–C) groups is 1. The maximum absolute atomic E-state index is 11.1. The van der Waals surface area contributed by atoms with E-state index in [4.69, 9.17) is 4.74 Å². The van der Waals surface area contributed by atoms with Crippen molar-refractivity contribution < 1.29 is 9.53 Å². The van der Waals surface area contributed by atoms with Gasteiger partial charge in [-0.15, -0.1) is 0 Å². The molecule has 0 radical (unpaired) electrons. The molecule has 1 unspecified atom stereocenters. The van der Waals surface area contributed by atoms with Gasteiger partial charge in [-0.05, 0) is 0 Å². The molecule has 0 aromatic heterocycles. The first-order valence-corrected chi connectivity index (χ1v) is 4.53. The fraction of sp³-hybridized carbons (Fsp3) is 0.429. The summed E-state index contributed by atoms with van der Waals surface area (Å²) in [6.45, 7) is 0. The molecule has 0 aliphatic carbocycles. The number of carbonyl (C=O) groups is 1. The predicted molar refractivity (Wildman–Crippen MR) is 49.3 cm³/mol. The quantitative estimate of drug-likeness (QED) is 0.719. The second-order valence-electron chi connectivity index (χ2n) is 2.21. The summed E-state index contributed by atoms with van der Waals surface area (Å²) in [4.78, 5) is 15.0. The summed E-state index contributed by atoms with van der Waals surface area (Å²) < 4.78 is 4.83. The Hall–Kier alpha value is -0.840. The van der Waals surface area contributed by atoms with Crippen molar-refractivity contribution in [2.75, 3.05) is 12.4 Å². The molecule has 0 bridgehead atoms. The summed E-state index contributed by atoms with van der Waals surface area (Å²) >= 11 is 3.08. The van der Waals surface area contributed by atoms with E-state index < -0.39 is 0 Å². The molecule has 1 atom stereocenters. The van der Waals surface area contributed by atoms with Crippen LogP contribution in [0.1, 0.15) is 0 Å². The van der Waals surface area contributed by atoms with Crippen molar-refractivity contribution >= 4 is 27.9 Å². The average Bonchev–Trinajstić information content (AvgIpc) is 2.17. The zero-order valence-electron chi connectivity index (χ0n) is 6.58. The lowest BCUT2D eigenvalue weighted by molar-refractivity contribution is -0.116. The third-order valence-electron chi connectivity index (χ3n) is 1.42. The molecule has 0 fully saturated rings. The first kappa shape index (κ1) is 9.25. The Balaban J connectivity index is 2.53. The first-order chi connectivity index (χ1) is 5.77. The van der Waals surface area contributed by atoms with Gasteiger partial charge in [-0.3, -0.25) is 4.79 Å². The largest absolute Gasteiger partial charge is 0.480 e. The minimum atomic E-state index is -0.330. The predicted octanol–water partition coefficient (Wildman–Crippen LogP) is 0.438. The van der Waals surface area contributed by atoms with Gasteiger partial charge in [0.05, 0.1) is 18.6 Å². The highest BCUT2D eigenvalue weighted by Gasteiger charge is 2.15. The van der Waals surface area contributed by atoms with Gasteiger partial charge in [0, 0.05) is 6.21 Å². The van der Waals surface area contributed by atoms with Crippen molar-refractivity contribution in [3.8, 4) is 0 Å². The number of hydrogen-bond donors (Lipinski definition) is 1. The molecule has 1 heterocycles. The molecule has 5 heteroatoms. The number of nitrogens with one attached hydrogen (secondary N) is 1. The summed E-state index contributed by atoms with van der Waals surface area (Å²) in [6.07, 6.45) is 3.10. The normalized spacial score (nSPS) is 21.2. The van der Waals surface area contributed by atoms with Gasteiger partial charge in [0.2, 0.25) is 5.88 Å². The van der Waals surface area contributed by atoms with Gasteiger partial charge in [0.25, 0.3) is 0 Å². The third-order valence-corrected chi connectivity index (χ3v) is 1.98. The Bertz CT molecular complexity index is 238. The molecule has 0 spiro atoms. The van der Waals surface area contributed by atoms with Crippen molar-refractivity contribution in [2.24, 2.45) is 4.99 Å². The topological polar surface area (TPSA) is 50.7 Å². The highest BCUT2D eigenvalue weighted by atomic mass is 79.9. The van der Waals surface area contributed by atoms with E-state index in [1.807, 2.05) is 0 Å². The van der Waals surface area contributed by atoms with Crippen LogP contribution in [0.4, 0.5) is 0 Å². The molecule has 1 rings (SSSR count). The highest BCUT2D eigenvalue weighted by molar-refractivity contribution is 9.09. The van der Waals surface area contributed by atoms with E-state index in [0.717, 1.165) is 0 Å². The molecule has 1 N–H and O–H groups in total. The summed E-state index contributed by atoms with van der Waals surface area (Å²) in [5.41, 5.74) is 0. The van der Waals surface area contributed by atoms with Crippen molar-refractivity contribution in [1.29, 1.82) is 0 Å². The molecule has 0 aromatic rings. The molecule has 4 nitrogen and oxygen atoms in total. The number of carbonyl (C=O) groups excluding carboxylic acids is 1. The monoisotopic (exact) mass is 232 g/mol. The molecule has 1 aliphatic heterocycles. The van der Waals surface area contributed by atoms with Crippen molar-refractivity contribution in [2.45, 2.75) is 6.04 Å². The number of methoxy groups -OCH3 is 1. The Morgan fingerprint density at radius 1 is 1.92 bits per heavy atom. The lowest BCUT2D eigenvalue weighted by atomic mass is 10.2. The Labute approximate surface area is 78.8 Å². The zero-order chi connectivity index (χ0) is 8.97. The fourth-order valence-corrected chi connectivity index (χ4v) is 1.11. The van der Waals surface area contributed by atoms with Crippen LogP contribution in [0.15, 0.2) is 17.1 Å². The molecule has 0 aromatic carbocycles. The van der Waals surface area contributed by atoms with E-state index >= 15 is 0 Å². The maximum Gasteiger partial charge on any atom is 0.229 e. The number of ketones is 1. The van der Waals surface area contributed by atoms with E-state index in [0.29, 0.717) is 11.2 Å². The van der Waals surface area contributed by atoms with E-state index in [2.05, 4.69) is 26.2 Å². The van der Waals surface area contributed by atoms with Gasteiger partial charge in [-0.2, -0.15) is 0 Å². The Morgan fingerprint density at radius 2 is 2.67 bits per heavy atom. The number of ether oxygens (including phenoxy) is 1. The molecule has 1 aliphatic rings. The number of alkyl halides is 1. The number of nitrogens with zero attached hydrogens (tertiary/aromatic N) is 1. The third kappa shape index (κ3) is 2.07. The van der Waals surface area contributed by atoms with E-state index in [9.17, 15) is 4.79 Å².